The van der Waals surface area contributed by atoms with Gasteiger partial charge in [-0.1, -0.05) is 240 Å². The molecular formula is C65H112O5. The summed E-state index contributed by atoms with van der Waals surface area (Å²) in [4.78, 5) is 25.6. The molecule has 0 bridgehead atoms. The number of ether oxygens (including phenoxy) is 3. The van der Waals surface area contributed by atoms with Gasteiger partial charge in [0.1, 0.15) is 6.61 Å². The first-order chi connectivity index (χ1) is 34.6. The van der Waals surface area contributed by atoms with E-state index in [1.165, 1.54) is 135 Å². The average molecular weight is 974 g/mol. The van der Waals surface area contributed by atoms with Crippen molar-refractivity contribution >= 4 is 11.9 Å². The third-order valence-electron chi connectivity index (χ3n) is 12.6. The van der Waals surface area contributed by atoms with Crippen molar-refractivity contribution in [2.24, 2.45) is 0 Å². The van der Waals surface area contributed by atoms with E-state index in [0.29, 0.717) is 19.4 Å². The van der Waals surface area contributed by atoms with Crippen LogP contribution >= 0.6 is 0 Å². The Bertz CT molecular complexity index is 1330. The lowest BCUT2D eigenvalue weighted by Gasteiger charge is -2.18. The lowest BCUT2D eigenvalue weighted by molar-refractivity contribution is -0.163. The van der Waals surface area contributed by atoms with Crippen LogP contribution in [0.25, 0.3) is 0 Å². The summed E-state index contributed by atoms with van der Waals surface area (Å²) in [6.45, 7) is 7.66. The van der Waals surface area contributed by atoms with Crippen LogP contribution in [0, 0.1) is 0 Å². The molecule has 0 aromatic carbocycles. The summed E-state index contributed by atoms with van der Waals surface area (Å²) in [6, 6.07) is 0. The van der Waals surface area contributed by atoms with Crippen molar-refractivity contribution in [3.63, 3.8) is 0 Å². The first-order valence-electron chi connectivity index (χ1n) is 29.8. The van der Waals surface area contributed by atoms with Gasteiger partial charge in [0.05, 0.1) is 6.61 Å². The largest absolute Gasteiger partial charge is 0.462 e. The lowest BCUT2D eigenvalue weighted by Crippen LogP contribution is -2.30. The van der Waals surface area contributed by atoms with Crippen LogP contribution in [0.3, 0.4) is 0 Å². The highest BCUT2D eigenvalue weighted by molar-refractivity contribution is 5.70. The van der Waals surface area contributed by atoms with Crippen LogP contribution in [0.15, 0.2) is 97.2 Å². The van der Waals surface area contributed by atoms with Crippen LogP contribution in [0.5, 0.6) is 0 Å². The molecule has 0 aliphatic heterocycles. The molecule has 1 unspecified atom stereocenters. The maximum atomic E-state index is 12.9. The van der Waals surface area contributed by atoms with Gasteiger partial charge in [-0.15, -0.1) is 0 Å². The van der Waals surface area contributed by atoms with Crippen LogP contribution in [-0.4, -0.2) is 37.9 Å². The molecule has 0 rings (SSSR count). The third kappa shape index (κ3) is 57.4. The van der Waals surface area contributed by atoms with Crippen LogP contribution in [0.4, 0.5) is 0 Å². The number of hydrogen-bond donors (Lipinski definition) is 0. The Morgan fingerprint density at radius 2 is 0.643 bits per heavy atom. The van der Waals surface area contributed by atoms with E-state index < -0.39 is 6.10 Å². The minimum atomic E-state index is -0.563. The molecule has 0 saturated heterocycles. The molecule has 0 spiro atoms. The molecule has 0 heterocycles. The normalized spacial score (nSPS) is 12.9. The maximum absolute atomic E-state index is 12.9. The highest BCUT2D eigenvalue weighted by atomic mass is 16.6. The Kier molecular flexibility index (Phi) is 57.4. The molecule has 0 aromatic rings. The smallest absolute Gasteiger partial charge is 0.306 e. The number of allylic oxidation sites excluding steroid dienone is 16. The molecule has 0 radical (unpaired) electrons. The zero-order valence-electron chi connectivity index (χ0n) is 46.3. The van der Waals surface area contributed by atoms with Gasteiger partial charge in [0.15, 0.2) is 6.10 Å². The summed E-state index contributed by atoms with van der Waals surface area (Å²) in [5, 5.41) is 0. The minimum Gasteiger partial charge on any atom is -0.462 e. The van der Waals surface area contributed by atoms with E-state index in [-0.39, 0.29) is 25.2 Å². The van der Waals surface area contributed by atoms with Crippen LogP contribution in [0.2, 0.25) is 0 Å². The van der Waals surface area contributed by atoms with Gasteiger partial charge in [-0.3, -0.25) is 9.59 Å². The van der Waals surface area contributed by atoms with Gasteiger partial charge in [-0.05, 0) is 122 Å². The van der Waals surface area contributed by atoms with Crippen molar-refractivity contribution in [2.75, 3.05) is 19.8 Å². The van der Waals surface area contributed by atoms with Gasteiger partial charge >= 0.3 is 11.9 Å². The van der Waals surface area contributed by atoms with E-state index in [1.807, 2.05) is 0 Å². The predicted molar refractivity (Wildman–Crippen MR) is 306 cm³/mol. The average Bonchev–Trinajstić information content (AvgIpc) is 3.36. The summed E-state index contributed by atoms with van der Waals surface area (Å²) < 4.78 is 17.5. The van der Waals surface area contributed by atoms with E-state index in [1.54, 1.807) is 0 Å². The molecule has 70 heavy (non-hydrogen) atoms. The van der Waals surface area contributed by atoms with Gasteiger partial charge in [0.25, 0.3) is 0 Å². The fourth-order valence-electron chi connectivity index (χ4n) is 8.15. The number of unbranched alkanes of at least 4 members (excludes halogenated alkanes) is 27. The number of carbonyl (C=O) groups is 2. The van der Waals surface area contributed by atoms with E-state index in [4.69, 9.17) is 14.2 Å². The molecule has 0 aromatic heterocycles. The topological polar surface area (TPSA) is 61.8 Å². The zero-order valence-corrected chi connectivity index (χ0v) is 46.3. The van der Waals surface area contributed by atoms with Gasteiger partial charge in [0, 0.05) is 19.4 Å². The lowest BCUT2D eigenvalue weighted by atomic mass is 10.1. The fraction of sp³-hybridized carbons (Fsp3) is 0.723. The van der Waals surface area contributed by atoms with Gasteiger partial charge in [-0.25, -0.2) is 0 Å². The Hall–Kier alpha value is -3.18. The molecule has 0 aliphatic carbocycles. The van der Waals surface area contributed by atoms with Crippen molar-refractivity contribution in [1.29, 1.82) is 0 Å². The molecule has 5 nitrogen and oxygen atoms in total. The standard InChI is InChI=1S/C65H112O5/c1-4-7-10-13-16-19-22-25-28-31-33-35-37-40-43-46-49-52-55-58-64(66)69-62-63(61-68-60-57-54-51-48-45-42-39-36-32-29-26-23-20-17-14-11-8-5-2)70-65(67)59-56-53-50-47-44-41-38-34-30-27-24-21-18-15-12-9-6-3/h9,12,16,18-19,21,25-30,33,35,38,41,63H,4-8,10-11,13-15,17,20,22-24,31-32,34,36-37,39-40,42-62H2,1-3H3/b12-9-,19-16-,21-18-,28-25-,29-26-,30-27-,35-33-,41-38-. The summed E-state index contributed by atoms with van der Waals surface area (Å²) in [7, 11) is 0. The molecule has 402 valence electrons. The quantitative estimate of drug-likeness (QED) is 0.0345. The van der Waals surface area contributed by atoms with E-state index >= 15 is 0 Å². The number of carbonyl (C=O) groups excluding carboxylic acids is 2. The Morgan fingerprint density at radius 3 is 1.07 bits per heavy atom. The molecule has 0 saturated carbocycles. The SMILES string of the molecule is CC/C=C\C/C=C\C/C=C\C/C=C\CCCCCCC(=O)OC(COCCCCCCCCCC/C=C\CCCCCCCC)COC(=O)CCCCCCCC/C=C\C/C=C\C/C=C\CCCCC. The Morgan fingerprint density at radius 1 is 0.329 bits per heavy atom. The van der Waals surface area contributed by atoms with Crippen LogP contribution in [-0.2, 0) is 23.8 Å². The molecule has 5 heteroatoms. The summed E-state index contributed by atoms with van der Waals surface area (Å²) in [6.07, 6.45) is 81.4. The van der Waals surface area contributed by atoms with Gasteiger partial charge < -0.3 is 14.2 Å². The van der Waals surface area contributed by atoms with E-state index in [2.05, 4.69) is 118 Å². The van der Waals surface area contributed by atoms with Gasteiger partial charge in [0.2, 0.25) is 0 Å². The third-order valence-corrected chi connectivity index (χ3v) is 12.6. The zero-order chi connectivity index (χ0) is 50.6. The van der Waals surface area contributed by atoms with Crippen LogP contribution in [0.1, 0.15) is 278 Å². The first kappa shape index (κ1) is 66.8. The fourth-order valence-corrected chi connectivity index (χ4v) is 8.15. The molecular weight excluding hydrogens is 861 g/mol. The molecule has 0 fully saturated rings. The van der Waals surface area contributed by atoms with Crippen LogP contribution < -0.4 is 0 Å². The second kappa shape index (κ2) is 60.1. The number of esters is 2. The second-order valence-electron chi connectivity index (χ2n) is 19.5. The summed E-state index contributed by atoms with van der Waals surface area (Å²) in [5.74, 6) is -0.437. The molecule has 1 atom stereocenters. The van der Waals surface area contributed by atoms with Crippen molar-refractivity contribution in [3.05, 3.63) is 97.2 Å². The molecule has 0 aliphatic rings. The van der Waals surface area contributed by atoms with E-state index in [0.717, 1.165) is 109 Å². The number of rotatable bonds is 54. The maximum Gasteiger partial charge on any atom is 0.306 e. The minimum absolute atomic E-state index is 0.0633. The molecule has 0 N–H and O–H groups in total. The first-order valence-corrected chi connectivity index (χ1v) is 29.8. The highest BCUT2D eigenvalue weighted by Gasteiger charge is 2.17. The monoisotopic (exact) mass is 973 g/mol. The van der Waals surface area contributed by atoms with Crippen molar-refractivity contribution in [1.82, 2.24) is 0 Å². The summed E-state index contributed by atoms with van der Waals surface area (Å²) in [5.41, 5.74) is 0. The van der Waals surface area contributed by atoms with Crippen molar-refractivity contribution in [3.8, 4) is 0 Å². The Labute approximate surface area is 434 Å². The highest BCUT2D eigenvalue weighted by Crippen LogP contribution is 2.14. The van der Waals surface area contributed by atoms with Gasteiger partial charge in [-0.2, -0.15) is 0 Å². The van der Waals surface area contributed by atoms with Crippen molar-refractivity contribution in [2.45, 2.75) is 284 Å². The van der Waals surface area contributed by atoms with Crippen molar-refractivity contribution < 1.29 is 23.8 Å². The molecule has 0 amide bonds. The summed E-state index contributed by atoms with van der Waals surface area (Å²) >= 11 is 0. The van der Waals surface area contributed by atoms with E-state index in [9.17, 15) is 9.59 Å². The number of hydrogen-bond acceptors (Lipinski definition) is 5. The Balaban J connectivity index is 4.36. The predicted octanol–water partition coefficient (Wildman–Crippen LogP) is 20.6. The second-order valence-corrected chi connectivity index (χ2v) is 19.5.